The van der Waals surface area contributed by atoms with Crippen molar-refractivity contribution in [2.75, 3.05) is 32.2 Å². The van der Waals surface area contributed by atoms with Crippen LogP contribution in [0.15, 0.2) is 113 Å². The Morgan fingerprint density at radius 3 is 2.30 bits per heavy atom. The molecule has 1 N–H and O–H groups in total. The number of likely N-dealkylation sites (N-methyl/N-ethyl adjacent to an activating group) is 1. The Bertz CT molecular complexity index is 2980. The number of methoxy groups -OCH3 is 1. The lowest BCUT2D eigenvalue weighted by molar-refractivity contribution is -0.145. The number of rotatable bonds is 15. The molecule has 0 saturated carbocycles. The summed E-state index contributed by atoms with van der Waals surface area (Å²) in [5.74, 6) is -0.115. The molecule has 8 rings (SSSR count). The zero-order valence-electron chi connectivity index (χ0n) is 36.4. The van der Waals surface area contributed by atoms with Gasteiger partial charge in [-0.1, -0.05) is 77.8 Å². The van der Waals surface area contributed by atoms with E-state index in [2.05, 4.69) is 16.4 Å². The van der Waals surface area contributed by atoms with Gasteiger partial charge in [-0.2, -0.15) is 9.57 Å². The van der Waals surface area contributed by atoms with Crippen molar-refractivity contribution in [3.05, 3.63) is 152 Å². The van der Waals surface area contributed by atoms with Gasteiger partial charge in [0.1, 0.15) is 36.8 Å². The number of aromatic nitrogens is 1. The summed E-state index contributed by atoms with van der Waals surface area (Å²) in [5, 5.41) is 12.9. The number of ether oxygens (including phenoxy) is 4. The van der Waals surface area contributed by atoms with Crippen LogP contribution >= 0.6 is 34.5 Å². The fourth-order valence-electron chi connectivity index (χ4n) is 7.93. The van der Waals surface area contributed by atoms with Gasteiger partial charge in [-0.3, -0.25) is 9.59 Å². The van der Waals surface area contributed by atoms with E-state index < -0.39 is 40.1 Å². The van der Waals surface area contributed by atoms with Crippen LogP contribution < -0.4 is 24.4 Å². The highest BCUT2D eigenvalue weighted by atomic mass is 35.5. The average Bonchev–Trinajstić information content (AvgIpc) is 3.85. The highest BCUT2D eigenvalue weighted by Crippen LogP contribution is 2.43. The topological polar surface area (TPSA) is 177 Å². The Morgan fingerprint density at radius 1 is 0.940 bits per heavy atom. The molecule has 1 amide bonds. The molecule has 2 aliphatic rings. The molecule has 1 unspecified atom stereocenters. The van der Waals surface area contributed by atoms with Crippen molar-refractivity contribution < 1.29 is 41.7 Å². The van der Waals surface area contributed by atoms with Crippen LogP contribution in [0.25, 0.3) is 11.1 Å². The number of hydrogen-bond donors (Lipinski definition) is 1. The first-order valence-corrected chi connectivity index (χ1v) is 24.0. The molecule has 0 saturated heterocycles. The predicted molar refractivity (Wildman–Crippen MR) is 253 cm³/mol. The number of nitrogens with one attached hydrogen (secondary N) is 1. The number of nitriles is 1. The van der Waals surface area contributed by atoms with Gasteiger partial charge in [0.15, 0.2) is 27.6 Å². The highest BCUT2D eigenvalue weighted by Gasteiger charge is 2.44. The number of anilines is 1. The number of thiazole rings is 1. The van der Waals surface area contributed by atoms with Crippen LogP contribution in [-0.2, 0) is 55.1 Å². The number of Topliss-reactive ketones (excluding diaryl/α,β-unsaturated/α-hetero) is 1. The molecule has 5 aromatic carbocycles. The first-order valence-electron chi connectivity index (χ1n) is 21.0. The second-order valence-corrected chi connectivity index (χ2v) is 19.8. The highest BCUT2D eigenvalue weighted by molar-refractivity contribution is 7.91. The van der Waals surface area contributed by atoms with Crippen LogP contribution in [0.2, 0.25) is 10.0 Å². The van der Waals surface area contributed by atoms with E-state index in [1.165, 1.54) is 24.4 Å². The van der Waals surface area contributed by atoms with Gasteiger partial charge in [0.25, 0.3) is 10.0 Å². The smallest absolute Gasteiger partial charge is 0.328 e. The van der Waals surface area contributed by atoms with E-state index in [0.717, 1.165) is 37.9 Å². The Morgan fingerprint density at radius 2 is 1.63 bits per heavy atom. The third kappa shape index (κ3) is 10.6. The predicted octanol–water partition coefficient (Wildman–Crippen LogP) is 8.12. The van der Waals surface area contributed by atoms with Gasteiger partial charge in [0.2, 0.25) is 5.91 Å². The maximum atomic E-state index is 14.9. The van der Waals surface area contributed by atoms with E-state index in [4.69, 9.17) is 42.1 Å². The molecule has 67 heavy (non-hydrogen) atoms. The zero-order valence-corrected chi connectivity index (χ0v) is 39.5. The number of carbonyl (C=O) groups is 3. The van der Waals surface area contributed by atoms with Crippen molar-refractivity contribution in [3.63, 3.8) is 0 Å². The van der Waals surface area contributed by atoms with Gasteiger partial charge in [-0.15, -0.1) is 11.3 Å². The fourth-order valence-corrected chi connectivity index (χ4v) is 11.2. The lowest BCUT2D eigenvalue weighted by Gasteiger charge is -2.37. The second-order valence-electron chi connectivity index (χ2n) is 16.1. The van der Waals surface area contributed by atoms with E-state index in [1.807, 2.05) is 66.7 Å². The summed E-state index contributed by atoms with van der Waals surface area (Å²) in [6, 6.07) is 30.3. The molecule has 2 aliphatic heterocycles. The maximum absolute atomic E-state index is 14.9. The molecule has 0 bridgehead atoms. The van der Waals surface area contributed by atoms with E-state index in [-0.39, 0.29) is 55.0 Å². The first-order chi connectivity index (χ1) is 32.2. The average molecular weight is 981 g/mol. The molecule has 6 aromatic rings. The Hall–Kier alpha value is -6.48. The summed E-state index contributed by atoms with van der Waals surface area (Å²) in [7, 11) is -1.70. The minimum Gasteiger partial charge on any atom is -0.489 e. The standard InChI is InChI=1S/C49H43Cl2N5O9S2/c1-29(57)24-55(2)46-49(66-28-53-46)67(60,61)56-25-37-22-44-43(64-27-45(65-44)35-13-15-38(16-14-35)63-26-32-8-17-39(50)40(51)18-32)21-36(37)20-42(56)47(58)54-41(48(59)62-3)19-30-4-9-33(10-5-30)34-11-6-31(23-52)7-12-34/h4-18,21-22,28,41-42,45H,19-20,24-27H2,1-3H3,(H,54,58)/t41-,42?,45+/m0/s1. The molecule has 344 valence electrons. The van der Waals surface area contributed by atoms with Crippen LogP contribution in [0.3, 0.4) is 0 Å². The van der Waals surface area contributed by atoms with Gasteiger partial charge in [0, 0.05) is 20.0 Å². The van der Waals surface area contributed by atoms with Crippen molar-refractivity contribution >= 4 is 68.0 Å². The number of amides is 1. The summed E-state index contributed by atoms with van der Waals surface area (Å²) in [4.78, 5) is 45.7. The van der Waals surface area contributed by atoms with Crippen LogP contribution in [0.4, 0.5) is 5.82 Å². The van der Waals surface area contributed by atoms with Gasteiger partial charge in [0.05, 0.1) is 40.8 Å². The SMILES string of the molecule is COC(=O)[C@H](Cc1ccc(-c2ccc(C#N)cc2)cc1)NC(=O)C1Cc2cc3c(cc2CN1S(=O)(=O)c1scnc1N(C)CC(C)=O)O[C@@H](c1ccc(OCc2ccc(Cl)c(Cl)c2)cc1)CO3. The number of nitrogens with zero attached hydrogens (tertiary/aromatic N) is 4. The normalized spacial score (nSPS) is 15.9. The van der Waals surface area contributed by atoms with Crippen molar-refractivity contribution in [3.8, 4) is 34.4 Å². The van der Waals surface area contributed by atoms with Gasteiger partial charge in [-0.25, -0.2) is 18.2 Å². The van der Waals surface area contributed by atoms with E-state index >= 15 is 0 Å². The monoisotopic (exact) mass is 979 g/mol. The molecule has 0 radical (unpaired) electrons. The second kappa shape index (κ2) is 20.2. The molecule has 3 atom stereocenters. The lowest BCUT2D eigenvalue weighted by atomic mass is 9.93. The summed E-state index contributed by atoms with van der Waals surface area (Å²) < 4.78 is 54.5. The number of halogens is 2. The number of ketones is 1. The molecule has 0 fully saturated rings. The third-order valence-corrected chi connectivity index (χ3v) is 15.3. The van der Waals surface area contributed by atoms with Crippen LogP contribution in [0, 0.1) is 11.3 Å². The van der Waals surface area contributed by atoms with Gasteiger partial charge in [-0.05, 0) is 101 Å². The fraction of sp³-hybridized carbons (Fsp3) is 0.245. The van der Waals surface area contributed by atoms with Crippen molar-refractivity contribution in [2.45, 2.75) is 55.3 Å². The molecular formula is C49H43Cl2N5O9S2. The van der Waals surface area contributed by atoms with Crippen LogP contribution in [0.1, 0.15) is 46.4 Å². The largest absolute Gasteiger partial charge is 0.489 e. The number of benzene rings is 5. The molecule has 1 aromatic heterocycles. The van der Waals surface area contributed by atoms with Gasteiger partial charge >= 0.3 is 5.97 Å². The molecule has 0 aliphatic carbocycles. The van der Waals surface area contributed by atoms with E-state index in [0.29, 0.717) is 49.5 Å². The van der Waals surface area contributed by atoms with Crippen molar-refractivity contribution in [1.29, 1.82) is 5.26 Å². The van der Waals surface area contributed by atoms with Crippen LogP contribution in [-0.4, -0.2) is 74.8 Å². The zero-order chi connectivity index (χ0) is 47.4. The summed E-state index contributed by atoms with van der Waals surface area (Å²) >= 11 is 13.1. The Labute approximate surface area is 401 Å². The van der Waals surface area contributed by atoms with Gasteiger partial charge < -0.3 is 29.2 Å². The molecule has 0 spiro atoms. The van der Waals surface area contributed by atoms with Crippen molar-refractivity contribution in [2.24, 2.45) is 0 Å². The molecule has 3 heterocycles. The number of fused-ring (bicyclic) bond motifs is 2. The molecular weight excluding hydrogens is 938 g/mol. The quantitative estimate of drug-likeness (QED) is 0.0980. The summed E-state index contributed by atoms with van der Waals surface area (Å²) in [5.41, 5.74) is 7.32. The Balaban J connectivity index is 1.04. The molecule has 14 nitrogen and oxygen atoms in total. The first kappa shape index (κ1) is 47.0. The van der Waals surface area contributed by atoms with E-state index in [1.54, 1.807) is 43.4 Å². The number of sulfonamides is 1. The Kier molecular flexibility index (Phi) is 14.2. The lowest BCUT2D eigenvalue weighted by Crippen LogP contribution is -2.56. The molecule has 18 heteroatoms. The number of esters is 1. The van der Waals surface area contributed by atoms with E-state index in [9.17, 15) is 28.1 Å². The summed E-state index contributed by atoms with van der Waals surface area (Å²) in [6.07, 6.45) is -0.532. The van der Waals surface area contributed by atoms with Crippen molar-refractivity contribution in [1.82, 2.24) is 14.6 Å². The maximum Gasteiger partial charge on any atom is 0.328 e. The minimum atomic E-state index is -4.48. The minimum absolute atomic E-state index is 0.0469. The van der Waals surface area contributed by atoms with Crippen LogP contribution in [0.5, 0.6) is 17.2 Å². The number of carbonyl (C=O) groups excluding carboxylic acids is 3. The third-order valence-electron chi connectivity index (χ3n) is 11.4. The number of hydrogen-bond acceptors (Lipinski definition) is 13. The summed E-state index contributed by atoms with van der Waals surface area (Å²) in [6.45, 7) is 1.53.